The van der Waals surface area contributed by atoms with Gasteiger partial charge in [0.25, 0.3) is 0 Å². The zero-order valence-electron chi connectivity index (χ0n) is 10.1. The summed E-state index contributed by atoms with van der Waals surface area (Å²) in [7, 11) is 1.87. The predicted octanol–water partition coefficient (Wildman–Crippen LogP) is 1.40. The van der Waals surface area contributed by atoms with Crippen LogP contribution in [-0.2, 0) is 7.05 Å². The number of allylic oxidation sites excluding steroid dienone is 1. The van der Waals surface area contributed by atoms with E-state index in [1.54, 1.807) is 10.9 Å². The normalized spacial score (nSPS) is 14.7. The summed E-state index contributed by atoms with van der Waals surface area (Å²) in [4.78, 5) is 0. The number of aliphatic hydroxyl groups is 1. The molecule has 0 bridgehead atoms. The van der Waals surface area contributed by atoms with Crippen LogP contribution in [0, 0.1) is 0 Å². The van der Waals surface area contributed by atoms with E-state index in [9.17, 15) is 5.11 Å². The lowest BCUT2D eigenvalue weighted by Crippen LogP contribution is -2.32. The van der Waals surface area contributed by atoms with Crippen molar-refractivity contribution in [2.75, 3.05) is 6.61 Å². The Labute approximate surface area is 97.0 Å². The third kappa shape index (κ3) is 3.79. The van der Waals surface area contributed by atoms with Crippen molar-refractivity contribution >= 4 is 0 Å². The molecule has 1 rings (SSSR count). The standard InChI is InChI=1S/C12H21N3O/c1-4-5-6-10(2)14-12(9-16)11-7-13-15(3)8-11/h4,7-8,10,12,14,16H,1,5-6,9H2,2-3H3. The molecular formula is C12H21N3O. The van der Waals surface area contributed by atoms with Crippen molar-refractivity contribution in [1.29, 1.82) is 0 Å². The molecule has 4 nitrogen and oxygen atoms in total. The molecule has 0 amide bonds. The molecule has 0 aliphatic rings. The Morgan fingerprint density at radius 2 is 2.44 bits per heavy atom. The third-order valence-electron chi connectivity index (χ3n) is 2.60. The molecule has 16 heavy (non-hydrogen) atoms. The van der Waals surface area contributed by atoms with Crippen LogP contribution in [-0.4, -0.2) is 27.5 Å². The summed E-state index contributed by atoms with van der Waals surface area (Å²) in [6.07, 6.45) is 7.64. The maximum absolute atomic E-state index is 9.34. The van der Waals surface area contributed by atoms with Gasteiger partial charge in [0, 0.05) is 24.8 Å². The zero-order valence-corrected chi connectivity index (χ0v) is 10.1. The van der Waals surface area contributed by atoms with E-state index >= 15 is 0 Å². The van der Waals surface area contributed by atoms with Gasteiger partial charge in [-0.2, -0.15) is 5.10 Å². The number of nitrogens with one attached hydrogen (secondary N) is 1. The summed E-state index contributed by atoms with van der Waals surface area (Å²) in [5, 5.41) is 16.8. The summed E-state index contributed by atoms with van der Waals surface area (Å²) in [6, 6.07) is 0.323. The summed E-state index contributed by atoms with van der Waals surface area (Å²) in [6.45, 7) is 5.90. The van der Waals surface area contributed by atoms with Crippen LogP contribution in [0.3, 0.4) is 0 Å². The third-order valence-corrected chi connectivity index (χ3v) is 2.60. The maximum atomic E-state index is 9.34. The number of hydrogen-bond acceptors (Lipinski definition) is 3. The topological polar surface area (TPSA) is 50.1 Å². The van der Waals surface area contributed by atoms with Gasteiger partial charge in [0.05, 0.1) is 18.8 Å². The van der Waals surface area contributed by atoms with Crippen LogP contribution >= 0.6 is 0 Å². The van der Waals surface area contributed by atoms with E-state index in [1.165, 1.54) is 0 Å². The number of hydrogen-bond donors (Lipinski definition) is 2. The number of aliphatic hydroxyl groups excluding tert-OH is 1. The average molecular weight is 223 g/mol. The molecule has 2 unspecified atom stereocenters. The Morgan fingerprint density at radius 3 is 2.94 bits per heavy atom. The first kappa shape index (κ1) is 12.9. The van der Waals surface area contributed by atoms with Crippen molar-refractivity contribution < 1.29 is 5.11 Å². The van der Waals surface area contributed by atoms with Crippen LogP contribution in [0.15, 0.2) is 25.0 Å². The molecule has 0 aliphatic carbocycles. The Morgan fingerprint density at radius 1 is 1.69 bits per heavy atom. The molecule has 4 heteroatoms. The zero-order chi connectivity index (χ0) is 12.0. The minimum absolute atomic E-state index is 0.0338. The smallest absolute Gasteiger partial charge is 0.0627 e. The van der Waals surface area contributed by atoms with Gasteiger partial charge < -0.3 is 10.4 Å². The number of aryl methyl sites for hydroxylation is 1. The summed E-state index contributed by atoms with van der Waals surface area (Å²) in [5.41, 5.74) is 1.02. The molecule has 90 valence electrons. The molecular weight excluding hydrogens is 202 g/mol. The van der Waals surface area contributed by atoms with E-state index in [4.69, 9.17) is 0 Å². The van der Waals surface area contributed by atoms with Crippen LogP contribution in [0.5, 0.6) is 0 Å². The van der Waals surface area contributed by atoms with Gasteiger partial charge in [0.15, 0.2) is 0 Å². The first-order chi connectivity index (χ1) is 7.67. The van der Waals surface area contributed by atoms with Gasteiger partial charge in [0.2, 0.25) is 0 Å². The molecule has 1 aromatic heterocycles. The lowest BCUT2D eigenvalue weighted by molar-refractivity contribution is 0.233. The van der Waals surface area contributed by atoms with E-state index < -0.39 is 0 Å². The SMILES string of the molecule is C=CCCC(C)NC(CO)c1cnn(C)c1. The van der Waals surface area contributed by atoms with Gasteiger partial charge in [-0.3, -0.25) is 4.68 Å². The number of aromatic nitrogens is 2. The predicted molar refractivity (Wildman–Crippen MR) is 65.1 cm³/mol. The van der Waals surface area contributed by atoms with Gasteiger partial charge in [0.1, 0.15) is 0 Å². The molecule has 0 aromatic carbocycles. The highest BCUT2D eigenvalue weighted by atomic mass is 16.3. The number of rotatable bonds is 7. The molecule has 0 fully saturated rings. The van der Waals surface area contributed by atoms with Crippen LogP contribution in [0.4, 0.5) is 0 Å². The van der Waals surface area contributed by atoms with Crippen molar-refractivity contribution in [3.63, 3.8) is 0 Å². The van der Waals surface area contributed by atoms with Gasteiger partial charge >= 0.3 is 0 Å². The minimum Gasteiger partial charge on any atom is -0.394 e. The Hall–Kier alpha value is -1.13. The van der Waals surface area contributed by atoms with E-state index in [-0.39, 0.29) is 12.6 Å². The maximum Gasteiger partial charge on any atom is 0.0627 e. The molecule has 0 spiro atoms. The highest BCUT2D eigenvalue weighted by Gasteiger charge is 2.14. The molecule has 2 atom stereocenters. The summed E-state index contributed by atoms with van der Waals surface area (Å²) in [5.74, 6) is 0. The largest absolute Gasteiger partial charge is 0.394 e. The van der Waals surface area contributed by atoms with Crippen molar-refractivity contribution in [2.45, 2.75) is 31.8 Å². The molecule has 1 aromatic rings. The van der Waals surface area contributed by atoms with Crippen LogP contribution in [0.1, 0.15) is 31.4 Å². The van der Waals surface area contributed by atoms with Crippen molar-refractivity contribution in [1.82, 2.24) is 15.1 Å². The summed E-state index contributed by atoms with van der Waals surface area (Å²) >= 11 is 0. The fourth-order valence-corrected chi connectivity index (χ4v) is 1.67. The van der Waals surface area contributed by atoms with Crippen molar-refractivity contribution in [3.05, 3.63) is 30.6 Å². The lowest BCUT2D eigenvalue weighted by atomic mass is 10.1. The Bertz CT molecular complexity index is 322. The van der Waals surface area contributed by atoms with Crippen molar-refractivity contribution in [2.24, 2.45) is 7.05 Å². The number of nitrogens with zero attached hydrogens (tertiary/aromatic N) is 2. The lowest BCUT2D eigenvalue weighted by Gasteiger charge is -2.20. The van der Waals surface area contributed by atoms with E-state index in [0.717, 1.165) is 18.4 Å². The average Bonchev–Trinajstić information content (AvgIpc) is 2.69. The molecule has 2 N–H and O–H groups in total. The molecule has 0 radical (unpaired) electrons. The second-order valence-electron chi connectivity index (χ2n) is 4.12. The highest BCUT2D eigenvalue weighted by Crippen LogP contribution is 2.12. The molecule has 0 aliphatic heterocycles. The van der Waals surface area contributed by atoms with E-state index in [2.05, 4.69) is 23.9 Å². The van der Waals surface area contributed by atoms with E-state index in [0.29, 0.717) is 6.04 Å². The first-order valence-corrected chi connectivity index (χ1v) is 5.63. The van der Waals surface area contributed by atoms with Gasteiger partial charge in [-0.15, -0.1) is 6.58 Å². The van der Waals surface area contributed by atoms with Crippen LogP contribution < -0.4 is 5.32 Å². The van der Waals surface area contributed by atoms with Gasteiger partial charge in [-0.05, 0) is 19.8 Å². The fraction of sp³-hybridized carbons (Fsp3) is 0.583. The highest BCUT2D eigenvalue weighted by molar-refractivity contribution is 5.10. The Kier molecular flexibility index (Phi) is 5.22. The van der Waals surface area contributed by atoms with Gasteiger partial charge in [-0.1, -0.05) is 6.08 Å². The minimum atomic E-state index is -0.0338. The Balaban J connectivity index is 2.51. The molecule has 0 saturated carbocycles. The van der Waals surface area contributed by atoms with Crippen LogP contribution in [0.2, 0.25) is 0 Å². The molecule has 0 saturated heterocycles. The van der Waals surface area contributed by atoms with Crippen LogP contribution in [0.25, 0.3) is 0 Å². The summed E-state index contributed by atoms with van der Waals surface area (Å²) < 4.78 is 1.74. The fourth-order valence-electron chi connectivity index (χ4n) is 1.67. The second-order valence-corrected chi connectivity index (χ2v) is 4.12. The first-order valence-electron chi connectivity index (χ1n) is 5.63. The monoisotopic (exact) mass is 223 g/mol. The van der Waals surface area contributed by atoms with E-state index in [1.807, 2.05) is 19.3 Å². The van der Waals surface area contributed by atoms with Gasteiger partial charge in [-0.25, -0.2) is 0 Å². The van der Waals surface area contributed by atoms with Crippen molar-refractivity contribution in [3.8, 4) is 0 Å². The quantitative estimate of drug-likeness (QED) is 0.687. The molecule has 1 heterocycles. The second kappa shape index (κ2) is 6.45.